The van der Waals surface area contributed by atoms with Gasteiger partial charge >= 0.3 is 0 Å². The van der Waals surface area contributed by atoms with Crippen molar-refractivity contribution in [2.24, 2.45) is 0 Å². The number of hydrogen-bond acceptors (Lipinski definition) is 2. The maximum atomic E-state index is 13.0. The van der Waals surface area contributed by atoms with Crippen molar-refractivity contribution in [1.82, 2.24) is 0 Å². The summed E-state index contributed by atoms with van der Waals surface area (Å²) in [6.07, 6.45) is 1.86. The van der Waals surface area contributed by atoms with Crippen LogP contribution < -0.4 is 0 Å². The molecule has 0 heterocycles. The van der Waals surface area contributed by atoms with E-state index in [-0.39, 0.29) is 11.5 Å². The Kier molecular flexibility index (Phi) is 4.78. The van der Waals surface area contributed by atoms with Crippen molar-refractivity contribution >= 4 is 29.0 Å². The summed E-state index contributed by atoms with van der Waals surface area (Å²) < 4.78 is 0. The molecule has 0 unspecified atom stereocenters. The highest BCUT2D eigenvalue weighted by Gasteiger charge is 2.14. The average Bonchev–Trinajstić information content (AvgIpc) is 2.62. The Bertz CT molecular complexity index is 864. The molecule has 0 bridgehead atoms. The Morgan fingerprint density at radius 2 is 1.38 bits per heavy atom. The monoisotopic (exact) mass is 334 g/mol. The summed E-state index contributed by atoms with van der Waals surface area (Å²) in [7, 11) is 0. The van der Waals surface area contributed by atoms with Gasteiger partial charge in [0.1, 0.15) is 5.75 Å². The zero-order chi connectivity index (χ0) is 16.9. The molecule has 0 amide bonds. The summed E-state index contributed by atoms with van der Waals surface area (Å²) in [5.74, 6) is 0.0211. The molecule has 0 aromatic heterocycles. The lowest BCUT2D eigenvalue weighted by atomic mass is 9.95. The molecule has 0 saturated heterocycles. The predicted molar refractivity (Wildman–Crippen MR) is 98.2 cm³/mol. The van der Waals surface area contributed by atoms with Crippen LogP contribution in [0.15, 0.2) is 78.9 Å². The SMILES string of the molecule is O=C(C(=Cc1ccccc1)c1ccc(Cl)cc1)c1ccc(O)cc1. The summed E-state index contributed by atoms with van der Waals surface area (Å²) in [6, 6.07) is 23.1. The van der Waals surface area contributed by atoms with Crippen molar-refractivity contribution < 1.29 is 9.90 Å². The molecule has 3 aromatic carbocycles. The quantitative estimate of drug-likeness (QED) is 0.390. The van der Waals surface area contributed by atoms with Gasteiger partial charge in [-0.3, -0.25) is 4.79 Å². The number of Topliss-reactive ketones (excluding diaryl/α,β-unsaturated/α-hetero) is 1. The van der Waals surface area contributed by atoms with Crippen molar-refractivity contribution in [1.29, 1.82) is 0 Å². The lowest BCUT2D eigenvalue weighted by Crippen LogP contribution is -2.02. The summed E-state index contributed by atoms with van der Waals surface area (Å²) in [6.45, 7) is 0. The summed E-state index contributed by atoms with van der Waals surface area (Å²) in [5.41, 5.74) is 2.82. The van der Waals surface area contributed by atoms with Gasteiger partial charge < -0.3 is 5.11 Å². The average molecular weight is 335 g/mol. The van der Waals surface area contributed by atoms with Gasteiger partial charge in [-0.05, 0) is 53.6 Å². The third kappa shape index (κ3) is 3.73. The second kappa shape index (κ2) is 7.16. The first-order chi connectivity index (χ1) is 11.6. The molecule has 3 heteroatoms. The highest BCUT2D eigenvalue weighted by Crippen LogP contribution is 2.25. The molecule has 0 aliphatic heterocycles. The molecule has 0 aliphatic carbocycles. The standard InChI is InChI=1S/C21H15ClO2/c22-18-10-6-16(7-11-18)20(14-15-4-2-1-3-5-15)21(24)17-8-12-19(23)13-9-17/h1-14,23H. The number of phenolic OH excluding ortho intramolecular Hbond substituents is 1. The van der Waals surface area contributed by atoms with Crippen LogP contribution in [0.2, 0.25) is 5.02 Å². The number of aromatic hydroxyl groups is 1. The molecule has 24 heavy (non-hydrogen) atoms. The molecule has 2 nitrogen and oxygen atoms in total. The Morgan fingerprint density at radius 3 is 2.00 bits per heavy atom. The lowest BCUT2D eigenvalue weighted by Gasteiger charge is -2.08. The fourth-order valence-corrected chi connectivity index (χ4v) is 2.52. The molecule has 3 aromatic rings. The number of hydrogen-bond donors (Lipinski definition) is 1. The maximum Gasteiger partial charge on any atom is 0.193 e. The van der Waals surface area contributed by atoms with Gasteiger partial charge in [0, 0.05) is 16.2 Å². The molecule has 118 valence electrons. The molecule has 0 saturated carbocycles. The third-order valence-electron chi connectivity index (χ3n) is 3.64. The smallest absolute Gasteiger partial charge is 0.193 e. The number of carbonyl (C=O) groups excluding carboxylic acids is 1. The van der Waals surface area contributed by atoms with Crippen LogP contribution >= 0.6 is 11.6 Å². The van der Waals surface area contributed by atoms with Crippen molar-refractivity contribution in [3.63, 3.8) is 0 Å². The van der Waals surface area contributed by atoms with E-state index in [9.17, 15) is 9.90 Å². The molecular formula is C21H15ClO2. The number of benzene rings is 3. The van der Waals surface area contributed by atoms with Gasteiger partial charge in [-0.25, -0.2) is 0 Å². The summed E-state index contributed by atoms with van der Waals surface area (Å²) in [5, 5.41) is 10.0. The Hall–Kier alpha value is -2.84. The van der Waals surface area contributed by atoms with E-state index >= 15 is 0 Å². The molecular weight excluding hydrogens is 320 g/mol. The fourth-order valence-electron chi connectivity index (χ4n) is 2.39. The zero-order valence-electron chi connectivity index (χ0n) is 12.8. The van der Waals surface area contributed by atoms with E-state index in [2.05, 4.69) is 0 Å². The van der Waals surface area contributed by atoms with Crippen LogP contribution in [0, 0.1) is 0 Å². The first-order valence-electron chi connectivity index (χ1n) is 7.50. The summed E-state index contributed by atoms with van der Waals surface area (Å²) >= 11 is 5.96. The largest absolute Gasteiger partial charge is 0.508 e. The van der Waals surface area contributed by atoms with Gasteiger partial charge in [0.25, 0.3) is 0 Å². The van der Waals surface area contributed by atoms with Crippen LogP contribution in [0.4, 0.5) is 0 Å². The van der Waals surface area contributed by atoms with E-state index in [1.165, 1.54) is 12.1 Å². The first kappa shape index (κ1) is 16.0. The van der Waals surface area contributed by atoms with Crippen molar-refractivity contribution in [3.05, 3.63) is 101 Å². The molecule has 1 N–H and O–H groups in total. The van der Waals surface area contributed by atoms with Crippen LogP contribution in [-0.4, -0.2) is 10.9 Å². The van der Waals surface area contributed by atoms with Gasteiger partial charge in [0.15, 0.2) is 5.78 Å². The van der Waals surface area contributed by atoms with Gasteiger partial charge in [0.05, 0.1) is 0 Å². The number of ketones is 1. The topological polar surface area (TPSA) is 37.3 Å². The van der Waals surface area contributed by atoms with Crippen molar-refractivity contribution in [2.75, 3.05) is 0 Å². The Morgan fingerprint density at radius 1 is 0.792 bits per heavy atom. The normalized spacial score (nSPS) is 11.3. The molecule has 3 rings (SSSR count). The second-order valence-electron chi connectivity index (χ2n) is 5.35. The first-order valence-corrected chi connectivity index (χ1v) is 7.88. The predicted octanol–water partition coefficient (Wildman–Crippen LogP) is 5.47. The molecule has 0 aliphatic rings. The molecule has 0 radical (unpaired) electrons. The highest BCUT2D eigenvalue weighted by atomic mass is 35.5. The fraction of sp³-hybridized carbons (Fsp3) is 0. The third-order valence-corrected chi connectivity index (χ3v) is 3.89. The van der Waals surface area contributed by atoms with Gasteiger partial charge in [-0.15, -0.1) is 0 Å². The van der Waals surface area contributed by atoms with E-state index in [4.69, 9.17) is 11.6 Å². The van der Waals surface area contributed by atoms with E-state index in [1.807, 2.05) is 48.5 Å². The second-order valence-corrected chi connectivity index (χ2v) is 5.79. The van der Waals surface area contributed by atoms with Gasteiger partial charge in [0.2, 0.25) is 0 Å². The molecule has 0 spiro atoms. The van der Waals surface area contributed by atoms with Crippen molar-refractivity contribution in [2.45, 2.75) is 0 Å². The highest BCUT2D eigenvalue weighted by molar-refractivity contribution is 6.33. The van der Waals surface area contributed by atoms with Gasteiger partial charge in [-0.1, -0.05) is 54.1 Å². The van der Waals surface area contributed by atoms with Crippen LogP contribution in [-0.2, 0) is 0 Å². The van der Waals surface area contributed by atoms with E-state index in [1.54, 1.807) is 24.3 Å². The van der Waals surface area contributed by atoms with Crippen LogP contribution in [0.5, 0.6) is 5.75 Å². The Balaban J connectivity index is 2.07. The minimum absolute atomic E-state index is 0.110. The van der Waals surface area contributed by atoms with E-state index in [0.717, 1.165) is 11.1 Å². The molecule has 0 atom stereocenters. The number of phenols is 1. The molecule has 0 fully saturated rings. The Labute approximate surface area is 145 Å². The minimum atomic E-state index is -0.110. The van der Waals surface area contributed by atoms with Gasteiger partial charge in [-0.2, -0.15) is 0 Å². The van der Waals surface area contributed by atoms with E-state index < -0.39 is 0 Å². The van der Waals surface area contributed by atoms with Crippen LogP contribution in [0.25, 0.3) is 11.6 Å². The minimum Gasteiger partial charge on any atom is -0.508 e. The van der Waals surface area contributed by atoms with Crippen LogP contribution in [0.1, 0.15) is 21.5 Å². The number of carbonyl (C=O) groups is 1. The number of rotatable bonds is 4. The number of allylic oxidation sites excluding steroid dienone is 1. The zero-order valence-corrected chi connectivity index (χ0v) is 13.6. The van der Waals surface area contributed by atoms with Crippen LogP contribution in [0.3, 0.4) is 0 Å². The van der Waals surface area contributed by atoms with E-state index in [0.29, 0.717) is 16.2 Å². The number of halogens is 1. The van der Waals surface area contributed by atoms with Crippen molar-refractivity contribution in [3.8, 4) is 5.75 Å². The summed E-state index contributed by atoms with van der Waals surface area (Å²) in [4.78, 5) is 13.0. The lowest BCUT2D eigenvalue weighted by molar-refractivity contribution is 0.105. The maximum absolute atomic E-state index is 13.0.